The van der Waals surface area contributed by atoms with Crippen LogP contribution in [-0.2, 0) is 14.8 Å². The lowest BCUT2D eigenvalue weighted by Crippen LogP contribution is -2.23. The van der Waals surface area contributed by atoms with Gasteiger partial charge in [-0.05, 0) is 55.8 Å². The van der Waals surface area contributed by atoms with E-state index in [0.29, 0.717) is 16.7 Å². The predicted octanol–water partition coefficient (Wildman–Crippen LogP) is 4.58. The standard InChI is InChI=1S/C25H25ClN6O3S2/c1-16-7-10-21(17(2)12-16)32-24(18-6-5-11-27-14-18)29-30-25(32)36-15-23(33)28-19-8-9-20(26)22(13-19)37(34,35)31(3)4/h5-14H,15H2,1-4H3,(H,28,33). The van der Waals surface area contributed by atoms with Gasteiger partial charge in [-0.1, -0.05) is 41.1 Å². The van der Waals surface area contributed by atoms with Crippen molar-refractivity contribution in [2.24, 2.45) is 0 Å². The molecular formula is C25H25ClN6O3S2. The number of carbonyl (C=O) groups excluding carboxylic acids is 1. The van der Waals surface area contributed by atoms with E-state index in [1.54, 1.807) is 18.5 Å². The largest absolute Gasteiger partial charge is 0.325 e. The Kier molecular flexibility index (Phi) is 7.98. The fourth-order valence-corrected chi connectivity index (χ4v) is 5.76. The quantitative estimate of drug-likeness (QED) is 0.316. The topological polar surface area (TPSA) is 110 Å². The summed E-state index contributed by atoms with van der Waals surface area (Å²) in [4.78, 5) is 16.9. The molecule has 0 fully saturated rings. The van der Waals surface area contributed by atoms with Gasteiger partial charge < -0.3 is 5.32 Å². The van der Waals surface area contributed by atoms with E-state index in [4.69, 9.17) is 11.6 Å². The highest BCUT2D eigenvalue weighted by molar-refractivity contribution is 7.99. The van der Waals surface area contributed by atoms with Crippen LogP contribution in [0.2, 0.25) is 5.02 Å². The molecular weight excluding hydrogens is 532 g/mol. The van der Waals surface area contributed by atoms with Gasteiger partial charge in [0.1, 0.15) is 4.90 Å². The van der Waals surface area contributed by atoms with Crippen molar-refractivity contribution in [3.63, 3.8) is 0 Å². The second kappa shape index (κ2) is 11.0. The van der Waals surface area contributed by atoms with Crippen LogP contribution in [0.15, 0.2) is 71.0 Å². The second-order valence-electron chi connectivity index (χ2n) is 8.44. The number of hydrogen-bond acceptors (Lipinski definition) is 7. The lowest BCUT2D eigenvalue weighted by Gasteiger charge is -2.15. The van der Waals surface area contributed by atoms with Gasteiger partial charge in [-0.15, -0.1) is 10.2 Å². The first-order valence-electron chi connectivity index (χ1n) is 11.2. The van der Waals surface area contributed by atoms with Crippen molar-refractivity contribution in [2.45, 2.75) is 23.9 Å². The zero-order valence-electron chi connectivity index (χ0n) is 20.6. The molecule has 0 radical (unpaired) electrons. The Morgan fingerprint density at radius 3 is 2.57 bits per heavy atom. The minimum Gasteiger partial charge on any atom is -0.325 e. The SMILES string of the molecule is Cc1ccc(-n2c(SCC(=O)Nc3ccc(Cl)c(S(=O)(=O)N(C)C)c3)nnc2-c2cccnc2)c(C)c1. The molecule has 1 amide bonds. The molecule has 0 aliphatic heterocycles. The summed E-state index contributed by atoms with van der Waals surface area (Å²) in [6.07, 6.45) is 3.40. The summed E-state index contributed by atoms with van der Waals surface area (Å²) in [5, 5.41) is 12.1. The van der Waals surface area contributed by atoms with Crippen molar-refractivity contribution in [3.8, 4) is 17.1 Å². The fourth-order valence-electron chi connectivity index (χ4n) is 3.62. The summed E-state index contributed by atoms with van der Waals surface area (Å²) in [7, 11) is -0.938. The number of sulfonamides is 1. The third-order valence-corrected chi connectivity index (χ3v) is 8.68. The predicted molar refractivity (Wildman–Crippen MR) is 146 cm³/mol. The maximum atomic E-state index is 12.8. The number of aromatic nitrogens is 4. The Labute approximate surface area is 224 Å². The van der Waals surface area contributed by atoms with Crippen molar-refractivity contribution in [1.82, 2.24) is 24.1 Å². The number of hydrogen-bond donors (Lipinski definition) is 1. The maximum Gasteiger partial charge on any atom is 0.244 e. The number of benzene rings is 2. The number of carbonyl (C=O) groups is 1. The van der Waals surface area contributed by atoms with Crippen molar-refractivity contribution < 1.29 is 13.2 Å². The Morgan fingerprint density at radius 2 is 1.89 bits per heavy atom. The van der Waals surface area contributed by atoms with Crippen LogP contribution in [0.1, 0.15) is 11.1 Å². The summed E-state index contributed by atoms with van der Waals surface area (Å²) in [5.41, 5.74) is 4.18. The molecule has 2 heterocycles. The van der Waals surface area contributed by atoms with Gasteiger partial charge in [-0.3, -0.25) is 14.3 Å². The molecule has 0 saturated heterocycles. The average Bonchev–Trinajstić information content (AvgIpc) is 3.28. The molecule has 1 N–H and O–H groups in total. The Bertz CT molecular complexity index is 1560. The molecule has 2 aromatic carbocycles. The van der Waals surface area contributed by atoms with Crippen LogP contribution >= 0.6 is 23.4 Å². The van der Waals surface area contributed by atoms with Crippen LogP contribution in [0.5, 0.6) is 0 Å². The number of nitrogens with one attached hydrogen (secondary N) is 1. The zero-order chi connectivity index (χ0) is 26.7. The smallest absolute Gasteiger partial charge is 0.244 e. The van der Waals surface area contributed by atoms with Crippen LogP contribution in [0.4, 0.5) is 5.69 Å². The molecule has 37 heavy (non-hydrogen) atoms. The molecule has 9 nitrogen and oxygen atoms in total. The minimum absolute atomic E-state index is 0.0223. The first-order chi connectivity index (χ1) is 17.6. The van der Waals surface area contributed by atoms with Crippen molar-refractivity contribution in [3.05, 3.63) is 77.1 Å². The highest BCUT2D eigenvalue weighted by Gasteiger charge is 2.22. The fraction of sp³-hybridized carbons (Fsp3) is 0.200. The molecule has 0 aliphatic carbocycles. The number of amides is 1. The number of rotatable bonds is 8. The molecule has 192 valence electrons. The third-order valence-electron chi connectivity index (χ3n) is 5.45. The molecule has 0 saturated carbocycles. The lowest BCUT2D eigenvalue weighted by molar-refractivity contribution is -0.113. The molecule has 12 heteroatoms. The number of aryl methyl sites for hydroxylation is 2. The van der Waals surface area contributed by atoms with Gasteiger partial charge in [-0.2, -0.15) is 0 Å². The Balaban J connectivity index is 1.59. The molecule has 0 aliphatic rings. The number of halogens is 1. The minimum atomic E-state index is -3.77. The normalized spacial score (nSPS) is 11.6. The van der Waals surface area contributed by atoms with Gasteiger partial charge in [0, 0.05) is 37.7 Å². The van der Waals surface area contributed by atoms with E-state index in [9.17, 15) is 13.2 Å². The monoisotopic (exact) mass is 556 g/mol. The van der Waals surface area contributed by atoms with Gasteiger partial charge in [0.2, 0.25) is 15.9 Å². The van der Waals surface area contributed by atoms with Crippen LogP contribution < -0.4 is 5.32 Å². The van der Waals surface area contributed by atoms with Crippen molar-refractivity contribution in [1.29, 1.82) is 0 Å². The summed E-state index contributed by atoms with van der Waals surface area (Å²) in [6.45, 7) is 4.04. The zero-order valence-corrected chi connectivity index (χ0v) is 23.0. The van der Waals surface area contributed by atoms with E-state index in [1.807, 2.05) is 42.7 Å². The summed E-state index contributed by atoms with van der Waals surface area (Å²) >= 11 is 7.33. The average molecular weight is 557 g/mol. The van der Waals surface area contributed by atoms with Crippen LogP contribution in [-0.4, -0.2) is 58.2 Å². The van der Waals surface area contributed by atoms with Gasteiger partial charge in [0.15, 0.2) is 11.0 Å². The van der Waals surface area contributed by atoms with E-state index in [1.165, 1.54) is 38.0 Å². The Hall–Kier alpha value is -3.25. The van der Waals surface area contributed by atoms with E-state index < -0.39 is 10.0 Å². The highest BCUT2D eigenvalue weighted by Crippen LogP contribution is 2.30. The third kappa shape index (κ3) is 5.85. The first kappa shape index (κ1) is 26.8. The lowest BCUT2D eigenvalue weighted by atomic mass is 10.1. The second-order valence-corrected chi connectivity index (χ2v) is 11.9. The molecule has 4 rings (SSSR count). The molecule has 0 spiro atoms. The van der Waals surface area contributed by atoms with E-state index >= 15 is 0 Å². The number of pyridine rings is 1. The van der Waals surface area contributed by atoms with Gasteiger partial charge in [-0.25, -0.2) is 12.7 Å². The summed E-state index contributed by atoms with van der Waals surface area (Å²) in [5.74, 6) is 0.298. The maximum absolute atomic E-state index is 12.8. The van der Waals surface area contributed by atoms with E-state index in [0.717, 1.165) is 26.7 Å². The van der Waals surface area contributed by atoms with Crippen molar-refractivity contribution >= 4 is 45.0 Å². The van der Waals surface area contributed by atoms with Gasteiger partial charge >= 0.3 is 0 Å². The highest BCUT2D eigenvalue weighted by atomic mass is 35.5. The Morgan fingerprint density at radius 1 is 1.11 bits per heavy atom. The van der Waals surface area contributed by atoms with Crippen molar-refractivity contribution in [2.75, 3.05) is 25.2 Å². The van der Waals surface area contributed by atoms with Gasteiger partial charge in [0.05, 0.1) is 16.5 Å². The van der Waals surface area contributed by atoms with Crippen LogP contribution in [0, 0.1) is 13.8 Å². The molecule has 0 unspecified atom stereocenters. The summed E-state index contributed by atoms with van der Waals surface area (Å²) in [6, 6.07) is 14.2. The number of thioether (sulfide) groups is 1. The molecule has 2 aromatic heterocycles. The van der Waals surface area contributed by atoms with E-state index in [-0.39, 0.29) is 21.6 Å². The van der Waals surface area contributed by atoms with E-state index in [2.05, 4.69) is 26.6 Å². The number of nitrogens with zero attached hydrogens (tertiary/aromatic N) is 5. The van der Waals surface area contributed by atoms with Crippen LogP contribution in [0.25, 0.3) is 17.1 Å². The molecule has 0 bridgehead atoms. The molecule has 4 aromatic rings. The summed E-state index contributed by atoms with van der Waals surface area (Å²) < 4.78 is 28.1. The number of anilines is 1. The van der Waals surface area contributed by atoms with Gasteiger partial charge in [0.25, 0.3) is 0 Å². The molecule has 0 atom stereocenters. The first-order valence-corrected chi connectivity index (χ1v) is 14.0. The van der Waals surface area contributed by atoms with Crippen LogP contribution in [0.3, 0.4) is 0 Å².